The van der Waals surface area contributed by atoms with E-state index >= 15 is 4.79 Å². The number of esters is 1. The normalized spacial score (nSPS) is 23.4. The van der Waals surface area contributed by atoms with Crippen molar-refractivity contribution in [3.05, 3.63) is 0 Å². The van der Waals surface area contributed by atoms with Crippen LogP contribution in [0.2, 0.25) is 0 Å². The summed E-state index contributed by atoms with van der Waals surface area (Å²) in [6.07, 6.45) is -2.85. The molecule has 1 fully saturated rings. The number of primary amides is 1. The summed E-state index contributed by atoms with van der Waals surface area (Å²) in [5.74, 6) is -19.2. The molecule has 32 nitrogen and oxygen atoms in total. The van der Waals surface area contributed by atoms with E-state index in [1.54, 1.807) is 83.1 Å². The van der Waals surface area contributed by atoms with E-state index in [1.165, 1.54) is 0 Å². The summed E-state index contributed by atoms with van der Waals surface area (Å²) >= 11 is 0. The molecule has 0 radical (unpaired) electrons. The SMILES string of the molecule is CCCCCCC[C@H](O)CC(=O)N[C@H](CC(C)C)C(=O)N[C@H](CC(=O)O)C(=O)N[C@H]1C(=O)N[C@H](CC(C)C)C(=O)N[C@H](CC(C)C)C(=O)N[C@H](CO)C(=O)N[C@@H](CC(C)C)C(=O)N[C@H](CCC(N)=O)C(=O)N[C@@H](CC(C)C)C(=O)N[C@@H](CC(C)C)C(=O)N[C@@H](CCC(=O)O)C(=O)O[C@@H]1C. The summed E-state index contributed by atoms with van der Waals surface area (Å²) in [6, 6.07) is -18.6. The van der Waals surface area contributed by atoms with Crippen molar-refractivity contribution in [3.8, 4) is 0 Å². The zero-order valence-electron chi connectivity index (χ0n) is 60.3. The number of rotatable bonds is 34. The van der Waals surface area contributed by atoms with Crippen LogP contribution in [0, 0.1) is 35.5 Å². The molecule has 1 aliphatic rings. The third-order valence-electron chi connectivity index (χ3n) is 15.9. The lowest BCUT2D eigenvalue weighted by Gasteiger charge is -2.31. The second-order valence-corrected chi connectivity index (χ2v) is 28.4. The Balaban J connectivity index is 4.37. The van der Waals surface area contributed by atoms with Crippen LogP contribution in [-0.4, -0.2) is 194 Å². The molecule has 1 saturated heterocycles. The molecular formula is C67H116N12O20. The third kappa shape index (κ3) is 36.1. The van der Waals surface area contributed by atoms with E-state index in [2.05, 4.69) is 65.4 Å². The molecule has 564 valence electrons. The van der Waals surface area contributed by atoms with Crippen LogP contribution in [0.15, 0.2) is 0 Å². The van der Waals surface area contributed by atoms with E-state index < -0.39 is 212 Å². The lowest BCUT2D eigenvalue weighted by Crippen LogP contribution is -2.63. The molecular weight excluding hydrogens is 1290 g/mol. The first-order valence-corrected chi connectivity index (χ1v) is 34.7. The van der Waals surface area contributed by atoms with Gasteiger partial charge in [0.2, 0.25) is 70.9 Å². The molecule has 99 heavy (non-hydrogen) atoms. The zero-order valence-corrected chi connectivity index (χ0v) is 60.3. The van der Waals surface area contributed by atoms with Crippen LogP contribution in [0.3, 0.4) is 0 Å². The number of aliphatic hydroxyl groups excluding tert-OH is 2. The summed E-state index contributed by atoms with van der Waals surface area (Å²) in [5, 5.41) is 68.6. The van der Waals surface area contributed by atoms with Crippen LogP contribution in [-0.2, 0) is 76.7 Å². The maximum absolute atomic E-state index is 15.0. The second kappa shape index (κ2) is 45.6. The predicted molar refractivity (Wildman–Crippen MR) is 362 cm³/mol. The van der Waals surface area contributed by atoms with Crippen LogP contribution in [0.1, 0.15) is 213 Å². The summed E-state index contributed by atoms with van der Waals surface area (Å²) in [4.78, 5) is 209. The fourth-order valence-electron chi connectivity index (χ4n) is 10.8. The Hall–Kier alpha value is -8.03. The van der Waals surface area contributed by atoms with Crippen LogP contribution < -0.4 is 64.2 Å². The number of ether oxygens (including phenoxy) is 1. The average molecular weight is 1410 g/mol. The van der Waals surface area contributed by atoms with Gasteiger partial charge in [0.25, 0.3) is 0 Å². The van der Waals surface area contributed by atoms with E-state index in [-0.39, 0.29) is 74.5 Å². The van der Waals surface area contributed by atoms with E-state index in [4.69, 9.17) is 10.5 Å². The highest BCUT2D eigenvalue weighted by Gasteiger charge is 2.41. The van der Waals surface area contributed by atoms with Crippen molar-refractivity contribution in [1.82, 2.24) is 58.5 Å². The number of aliphatic hydroxyl groups is 2. The molecule has 0 aliphatic carbocycles. The van der Waals surface area contributed by atoms with Gasteiger partial charge in [0.1, 0.15) is 72.6 Å². The second-order valence-electron chi connectivity index (χ2n) is 28.4. The van der Waals surface area contributed by atoms with E-state index in [9.17, 15) is 87.5 Å². The monoisotopic (exact) mass is 1410 g/mol. The van der Waals surface area contributed by atoms with Gasteiger partial charge in [-0.3, -0.25) is 67.1 Å². The molecule has 0 spiro atoms. The van der Waals surface area contributed by atoms with Gasteiger partial charge in [-0.25, -0.2) is 4.79 Å². The molecule has 0 aromatic rings. The molecule has 1 rings (SSSR count). The molecule has 0 saturated carbocycles. The molecule has 32 heteroatoms. The first kappa shape index (κ1) is 89.0. The number of hydrogen-bond donors (Lipinski definition) is 16. The number of hydrogen-bond acceptors (Lipinski definition) is 18. The standard InChI is InChI=1S/C67H116N12O20/c1-15-16-17-18-19-20-41(81)31-53(83)69-44(25-34(2)3)58(89)76-50(32-55(86)87)64(95)79-56-40(14)99-67(98)43(22-24-54(84)85)71-60(91)46(27-36(6)7)73-61(92)47(28-37(8)9)72-57(88)42(21-23-52(68)82)70-59(90)45(26-35(4)5)75-65(96)51(33-80)78-63(94)48(29-38(10)11)74-62(93)49(30-39(12)13)77-66(56)97/h34-51,56,80-81H,15-33H2,1-14H3,(H2,68,82)(H,69,83)(H,70,90)(H,71,91)(H,72,88)(H,73,92)(H,74,93)(H,75,96)(H,76,89)(H,77,97)(H,78,94)(H,79,95)(H,84,85)(H,86,87)/t40-,41+,42-,43+,44-,45+,46+,47+,48-,49-,50-,51-,56-/m1/s1. The van der Waals surface area contributed by atoms with Crippen LogP contribution >= 0.6 is 0 Å². The molecule has 0 bridgehead atoms. The molecule has 12 amide bonds. The Morgan fingerprint density at radius 1 is 0.465 bits per heavy atom. The van der Waals surface area contributed by atoms with Gasteiger partial charge in [0.05, 0.1) is 25.6 Å². The van der Waals surface area contributed by atoms with Gasteiger partial charge in [-0.05, 0) is 100 Å². The minimum Gasteiger partial charge on any atom is -0.481 e. The topological polar surface area (TPSA) is 505 Å². The largest absolute Gasteiger partial charge is 0.481 e. The summed E-state index contributed by atoms with van der Waals surface area (Å²) in [5.41, 5.74) is 5.48. The molecule has 13 atom stereocenters. The maximum atomic E-state index is 15.0. The number of unbranched alkanes of at least 4 members (excludes halogenated alkanes) is 4. The van der Waals surface area contributed by atoms with Gasteiger partial charge >= 0.3 is 17.9 Å². The average Bonchev–Trinajstić information content (AvgIpc) is 0.847. The van der Waals surface area contributed by atoms with E-state index in [1.807, 2.05) is 0 Å². The Kier molecular flexibility index (Phi) is 41.0. The van der Waals surface area contributed by atoms with Gasteiger partial charge in [0, 0.05) is 12.8 Å². The molecule has 1 heterocycles. The van der Waals surface area contributed by atoms with Gasteiger partial charge in [0.15, 0.2) is 0 Å². The highest BCUT2D eigenvalue weighted by molar-refractivity contribution is 6.00. The van der Waals surface area contributed by atoms with Crippen molar-refractivity contribution < 1.29 is 97.1 Å². The van der Waals surface area contributed by atoms with Crippen LogP contribution in [0.5, 0.6) is 0 Å². The summed E-state index contributed by atoms with van der Waals surface area (Å²) in [6.45, 7) is 22.4. The fraction of sp³-hybridized carbons (Fsp3) is 0.776. The lowest BCUT2D eigenvalue weighted by molar-refractivity contribution is -0.156. The number of carboxylic acid groups (broad SMARTS) is 2. The van der Waals surface area contributed by atoms with Crippen molar-refractivity contribution >= 4 is 88.8 Å². The molecule has 0 unspecified atom stereocenters. The number of aliphatic carboxylic acids is 2. The van der Waals surface area contributed by atoms with Crippen LogP contribution in [0.4, 0.5) is 0 Å². The van der Waals surface area contributed by atoms with Crippen LogP contribution in [0.25, 0.3) is 0 Å². The first-order chi connectivity index (χ1) is 46.2. The van der Waals surface area contributed by atoms with Crippen molar-refractivity contribution in [2.75, 3.05) is 6.61 Å². The summed E-state index contributed by atoms with van der Waals surface area (Å²) < 4.78 is 5.79. The molecule has 1 aliphatic heterocycles. The minimum atomic E-state index is -2.17. The van der Waals surface area contributed by atoms with Gasteiger partial charge in [-0.2, -0.15) is 0 Å². The van der Waals surface area contributed by atoms with E-state index in [0.717, 1.165) is 32.6 Å². The fourth-order valence-corrected chi connectivity index (χ4v) is 10.8. The van der Waals surface area contributed by atoms with Crippen molar-refractivity contribution in [3.63, 3.8) is 0 Å². The van der Waals surface area contributed by atoms with Crippen molar-refractivity contribution in [2.45, 2.75) is 291 Å². The van der Waals surface area contributed by atoms with Crippen molar-refractivity contribution in [2.24, 2.45) is 41.2 Å². The maximum Gasteiger partial charge on any atom is 0.329 e. The molecule has 0 aromatic carbocycles. The number of cyclic esters (lactones) is 1. The van der Waals surface area contributed by atoms with Gasteiger partial charge < -0.3 is 89.4 Å². The quantitative estimate of drug-likeness (QED) is 0.0303. The predicted octanol–water partition coefficient (Wildman–Crippen LogP) is 0.250. The highest BCUT2D eigenvalue weighted by Crippen LogP contribution is 2.18. The minimum absolute atomic E-state index is 0.0401. The zero-order chi connectivity index (χ0) is 75.6. The molecule has 0 aromatic heterocycles. The Morgan fingerprint density at radius 3 is 1.24 bits per heavy atom. The number of carbonyl (C=O) groups is 15. The first-order valence-electron chi connectivity index (χ1n) is 34.7. The van der Waals surface area contributed by atoms with E-state index in [0.29, 0.717) is 12.8 Å². The smallest absolute Gasteiger partial charge is 0.329 e. The highest BCUT2D eigenvalue weighted by atomic mass is 16.5. The Labute approximate surface area is 581 Å². The Morgan fingerprint density at radius 2 is 0.848 bits per heavy atom. The molecule has 17 N–H and O–H groups in total. The van der Waals surface area contributed by atoms with Gasteiger partial charge in [-0.1, -0.05) is 122 Å². The number of amides is 12. The number of nitrogens with two attached hydrogens (primary N) is 1. The lowest BCUT2D eigenvalue weighted by atomic mass is 9.98. The Bertz CT molecular complexity index is 2710. The summed E-state index contributed by atoms with van der Waals surface area (Å²) in [7, 11) is 0. The third-order valence-corrected chi connectivity index (χ3v) is 15.9. The number of nitrogens with one attached hydrogen (secondary N) is 11. The number of carboxylic acids is 2. The van der Waals surface area contributed by atoms with Crippen molar-refractivity contribution in [1.29, 1.82) is 0 Å². The number of carbonyl (C=O) groups excluding carboxylic acids is 13. The van der Waals surface area contributed by atoms with Gasteiger partial charge in [-0.15, -0.1) is 0 Å².